The SMILES string of the molecule is CN=C(NCC(c1ccc(OC)c(OC)c1)N1CCOCC1)N(C)Cc1ccc(C)cc1. The van der Waals surface area contributed by atoms with Crippen molar-refractivity contribution in [2.45, 2.75) is 19.5 Å². The lowest BCUT2D eigenvalue weighted by Crippen LogP contribution is -2.46. The fourth-order valence-electron chi connectivity index (χ4n) is 4.02. The molecule has 7 nitrogen and oxygen atoms in total. The van der Waals surface area contributed by atoms with Gasteiger partial charge in [0.25, 0.3) is 0 Å². The number of aliphatic imine (C=N–C) groups is 1. The molecule has 174 valence electrons. The van der Waals surface area contributed by atoms with Gasteiger partial charge >= 0.3 is 0 Å². The Hall–Kier alpha value is -2.77. The van der Waals surface area contributed by atoms with Crippen molar-refractivity contribution < 1.29 is 14.2 Å². The van der Waals surface area contributed by atoms with Crippen molar-refractivity contribution in [1.82, 2.24) is 15.1 Å². The van der Waals surface area contributed by atoms with Gasteiger partial charge in [-0.1, -0.05) is 35.9 Å². The minimum atomic E-state index is 0.156. The van der Waals surface area contributed by atoms with Crippen LogP contribution in [0, 0.1) is 6.92 Å². The summed E-state index contributed by atoms with van der Waals surface area (Å²) in [7, 11) is 7.22. The lowest BCUT2D eigenvalue weighted by atomic mass is 10.0. The van der Waals surface area contributed by atoms with Crippen LogP contribution >= 0.6 is 0 Å². The maximum atomic E-state index is 5.59. The van der Waals surface area contributed by atoms with Gasteiger partial charge in [-0.25, -0.2) is 0 Å². The van der Waals surface area contributed by atoms with Crippen LogP contribution in [0.25, 0.3) is 0 Å². The molecule has 1 saturated heterocycles. The van der Waals surface area contributed by atoms with Crippen molar-refractivity contribution in [3.8, 4) is 11.5 Å². The summed E-state index contributed by atoms with van der Waals surface area (Å²) in [6.07, 6.45) is 0. The zero-order chi connectivity index (χ0) is 22.9. The van der Waals surface area contributed by atoms with E-state index >= 15 is 0 Å². The van der Waals surface area contributed by atoms with Crippen LogP contribution in [0.1, 0.15) is 22.7 Å². The van der Waals surface area contributed by atoms with Crippen LogP contribution in [-0.4, -0.2) is 76.9 Å². The average molecular weight is 441 g/mol. The maximum absolute atomic E-state index is 5.59. The first-order valence-electron chi connectivity index (χ1n) is 11.1. The molecule has 2 aromatic rings. The highest BCUT2D eigenvalue weighted by Gasteiger charge is 2.24. The van der Waals surface area contributed by atoms with Gasteiger partial charge in [0, 0.05) is 40.3 Å². The number of ether oxygens (including phenoxy) is 3. The van der Waals surface area contributed by atoms with Crippen molar-refractivity contribution in [1.29, 1.82) is 0 Å². The normalized spacial score (nSPS) is 15.8. The van der Waals surface area contributed by atoms with Gasteiger partial charge in [0.1, 0.15) is 0 Å². The average Bonchev–Trinajstić information content (AvgIpc) is 2.83. The number of rotatable bonds is 8. The van der Waals surface area contributed by atoms with E-state index in [1.807, 2.05) is 13.1 Å². The number of hydrogen-bond donors (Lipinski definition) is 1. The second-order valence-corrected chi connectivity index (χ2v) is 8.05. The van der Waals surface area contributed by atoms with Crippen LogP contribution in [0.4, 0.5) is 0 Å². The molecule has 1 aliphatic heterocycles. The van der Waals surface area contributed by atoms with Gasteiger partial charge in [-0.05, 0) is 30.2 Å². The van der Waals surface area contributed by atoms with Crippen LogP contribution in [0.15, 0.2) is 47.5 Å². The first-order valence-corrected chi connectivity index (χ1v) is 11.1. The molecule has 1 atom stereocenters. The zero-order valence-electron chi connectivity index (χ0n) is 19.9. The molecule has 0 saturated carbocycles. The second kappa shape index (κ2) is 11.7. The number of guanidine groups is 1. The van der Waals surface area contributed by atoms with Crippen LogP contribution in [0.3, 0.4) is 0 Å². The molecule has 32 heavy (non-hydrogen) atoms. The Balaban J connectivity index is 1.74. The molecule has 1 aliphatic rings. The highest BCUT2D eigenvalue weighted by Crippen LogP contribution is 2.32. The Kier molecular flexibility index (Phi) is 8.76. The highest BCUT2D eigenvalue weighted by molar-refractivity contribution is 5.79. The fraction of sp³-hybridized carbons (Fsp3) is 0.480. The largest absolute Gasteiger partial charge is 0.493 e. The Bertz CT molecular complexity index is 879. The minimum absolute atomic E-state index is 0.156. The van der Waals surface area contributed by atoms with Gasteiger partial charge in [0.05, 0.1) is 33.5 Å². The van der Waals surface area contributed by atoms with Crippen molar-refractivity contribution in [2.24, 2.45) is 4.99 Å². The van der Waals surface area contributed by atoms with Gasteiger partial charge in [0.2, 0.25) is 0 Å². The van der Waals surface area contributed by atoms with E-state index in [0.29, 0.717) is 0 Å². The first-order chi connectivity index (χ1) is 15.5. The quantitative estimate of drug-likeness (QED) is 0.503. The van der Waals surface area contributed by atoms with Crippen molar-refractivity contribution in [3.63, 3.8) is 0 Å². The maximum Gasteiger partial charge on any atom is 0.193 e. The summed E-state index contributed by atoms with van der Waals surface area (Å²) in [6.45, 7) is 6.88. The van der Waals surface area contributed by atoms with Gasteiger partial charge in [-0.2, -0.15) is 0 Å². The van der Waals surface area contributed by atoms with E-state index in [1.54, 1.807) is 14.2 Å². The number of hydrogen-bond acceptors (Lipinski definition) is 5. The monoisotopic (exact) mass is 440 g/mol. The number of nitrogens with zero attached hydrogens (tertiary/aromatic N) is 3. The van der Waals surface area contributed by atoms with Crippen molar-refractivity contribution in [3.05, 3.63) is 59.2 Å². The highest BCUT2D eigenvalue weighted by atomic mass is 16.5. The van der Waals surface area contributed by atoms with Crippen LogP contribution in [0.5, 0.6) is 11.5 Å². The van der Waals surface area contributed by atoms with Crippen molar-refractivity contribution >= 4 is 5.96 Å². The lowest BCUT2D eigenvalue weighted by Gasteiger charge is -2.36. The molecular weight excluding hydrogens is 404 g/mol. The molecule has 0 aliphatic carbocycles. The predicted molar refractivity (Wildman–Crippen MR) is 129 cm³/mol. The number of methoxy groups -OCH3 is 2. The van der Waals surface area contributed by atoms with Crippen LogP contribution in [0.2, 0.25) is 0 Å². The third kappa shape index (κ3) is 6.14. The zero-order valence-corrected chi connectivity index (χ0v) is 19.9. The predicted octanol–water partition coefficient (Wildman–Crippen LogP) is 3.09. The number of morpholine rings is 1. The van der Waals surface area contributed by atoms with Gasteiger partial charge in [-0.3, -0.25) is 9.89 Å². The van der Waals surface area contributed by atoms with E-state index in [1.165, 1.54) is 16.7 Å². The van der Waals surface area contributed by atoms with E-state index in [2.05, 4.69) is 70.5 Å². The summed E-state index contributed by atoms with van der Waals surface area (Å²) < 4.78 is 16.6. The second-order valence-electron chi connectivity index (χ2n) is 8.05. The number of benzene rings is 2. The first kappa shape index (κ1) is 23.9. The van der Waals surface area contributed by atoms with E-state index in [4.69, 9.17) is 14.2 Å². The molecule has 1 heterocycles. The van der Waals surface area contributed by atoms with Gasteiger partial charge in [0.15, 0.2) is 17.5 Å². The molecule has 1 N–H and O–H groups in total. The molecule has 1 fully saturated rings. The molecule has 0 amide bonds. The fourth-order valence-corrected chi connectivity index (χ4v) is 4.02. The lowest BCUT2D eigenvalue weighted by molar-refractivity contribution is 0.0168. The van der Waals surface area contributed by atoms with E-state index in [0.717, 1.165) is 56.9 Å². The summed E-state index contributed by atoms with van der Waals surface area (Å²) in [5, 5.41) is 3.58. The molecule has 0 bridgehead atoms. The van der Waals surface area contributed by atoms with E-state index < -0.39 is 0 Å². The molecule has 7 heteroatoms. The smallest absolute Gasteiger partial charge is 0.193 e. The third-order valence-corrected chi connectivity index (χ3v) is 5.85. The Morgan fingerprint density at radius 2 is 1.78 bits per heavy atom. The topological polar surface area (TPSA) is 58.6 Å². The molecule has 2 aromatic carbocycles. The molecule has 1 unspecified atom stereocenters. The molecule has 0 aromatic heterocycles. The van der Waals surface area contributed by atoms with E-state index in [9.17, 15) is 0 Å². The van der Waals surface area contributed by atoms with Crippen molar-refractivity contribution in [2.75, 3.05) is 61.2 Å². The molecular formula is C25H36N4O3. The van der Waals surface area contributed by atoms with Crippen LogP contribution < -0.4 is 14.8 Å². The Labute approximate surface area is 192 Å². The van der Waals surface area contributed by atoms with Gasteiger partial charge < -0.3 is 24.4 Å². The minimum Gasteiger partial charge on any atom is -0.493 e. The Morgan fingerprint density at radius 1 is 1.09 bits per heavy atom. The molecule has 3 rings (SSSR count). The summed E-state index contributed by atoms with van der Waals surface area (Å²) in [4.78, 5) is 9.11. The molecule has 0 spiro atoms. The summed E-state index contributed by atoms with van der Waals surface area (Å²) in [5.74, 6) is 2.34. The number of nitrogens with one attached hydrogen (secondary N) is 1. The summed E-state index contributed by atoms with van der Waals surface area (Å²) in [5.41, 5.74) is 3.70. The summed E-state index contributed by atoms with van der Waals surface area (Å²) in [6, 6.07) is 14.9. The van der Waals surface area contributed by atoms with Crippen LogP contribution in [-0.2, 0) is 11.3 Å². The standard InChI is InChI=1S/C25H36N4O3/c1-19-6-8-20(9-7-19)18-28(3)25(26-2)27-17-22(29-12-14-32-15-13-29)21-10-11-23(30-4)24(16-21)31-5/h6-11,16,22H,12-15,17-18H2,1-5H3,(H,26,27). The van der Waals surface area contributed by atoms with E-state index in [-0.39, 0.29) is 6.04 Å². The Morgan fingerprint density at radius 3 is 2.41 bits per heavy atom. The third-order valence-electron chi connectivity index (χ3n) is 5.85. The molecule has 0 radical (unpaired) electrons. The number of aryl methyl sites for hydroxylation is 1. The van der Waals surface area contributed by atoms with Gasteiger partial charge in [-0.15, -0.1) is 0 Å². The summed E-state index contributed by atoms with van der Waals surface area (Å²) >= 11 is 0.